The number of carbonyl (C=O) groups is 1. The van der Waals surface area contributed by atoms with Crippen LogP contribution >= 0.6 is 0 Å². The first-order valence-electron chi connectivity index (χ1n) is 8.14. The molecule has 3 atom stereocenters. The molecule has 2 aliphatic rings. The first kappa shape index (κ1) is 15.8. The van der Waals surface area contributed by atoms with Crippen LogP contribution in [-0.2, 0) is 14.3 Å². The van der Waals surface area contributed by atoms with Gasteiger partial charge in [-0.25, -0.2) is 4.79 Å². The Labute approximate surface area is 122 Å². The summed E-state index contributed by atoms with van der Waals surface area (Å²) in [6.45, 7) is 10.4. The van der Waals surface area contributed by atoms with Crippen LogP contribution in [0.4, 0.5) is 0 Å². The minimum Gasteiger partial charge on any atom is -0.462 e. The van der Waals surface area contributed by atoms with Crippen LogP contribution < -0.4 is 4.90 Å². The van der Waals surface area contributed by atoms with E-state index in [1.54, 1.807) is 0 Å². The van der Waals surface area contributed by atoms with E-state index in [1.807, 2.05) is 6.92 Å². The van der Waals surface area contributed by atoms with E-state index in [-0.39, 0.29) is 11.6 Å². The molecule has 2 heterocycles. The van der Waals surface area contributed by atoms with Crippen LogP contribution in [0.2, 0.25) is 0 Å². The van der Waals surface area contributed by atoms with E-state index in [1.165, 1.54) is 17.7 Å². The van der Waals surface area contributed by atoms with E-state index in [4.69, 9.17) is 9.47 Å². The van der Waals surface area contributed by atoms with Crippen molar-refractivity contribution >= 4 is 5.97 Å². The summed E-state index contributed by atoms with van der Waals surface area (Å²) >= 11 is 0. The molecular weight excluding hydrogens is 254 g/mol. The van der Waals surface area contributed by atoms with Crippen LogP contribution in [0.1, 0.15) is 52.9 Å². The van der Waals surface area contributed by atoms with E-state index >= 15 is 0 Å². The van der Waals surface area contributed by atoms with Crippen LogP contribution in [-0.4, -0.2) is 44.4 Å². The molecule has 0 aliphatic carbocycles. The van der Waals surface area contributed by atoms with Gasteiger partial charge < -0.3 is 14.4 Å². The Hall–Kier alpha value is -0.610. The fraction of sp³-hybridized carbons (Fsp3) is 0.938. The lowest BCUT2D eigenvalue weighted by atomic mass is 9.68. The highest BCUT2D eigenvalue weighted by atomic mass is 16.5. The molecule has 0 aromatic carbocycles. The van der Waals surface area contributed by atoms with Crippen molar-refractivity contribution in [3.8, 4) is 0 Å². The minimum absolute atomic E-state index is 0.0324. The topological polar surface area (TPSA) is 40.0 Å². The Morgan fingerprint density at radius 2 is 2.15 bits per heavy atom. The lowest BCUT2D eigenvalue weighted by Crippen LogP contribution is -3.15. The van der Waals surface area contributed by atoms with Gasteiger partial charge in [-0.2, -0.15) is 0 Å². The van der Waals surface area contributed by atoms with E-state index in [0.717, 1.165) is 39.0 Å². The second-order valence-electron chi connectivity index (χ2n) is 6.84. The molecule has 0 aromatic rings. The van der Waals surface area contributed by atoms with Crippen LogP contribution in [0.3, 0.4) is 0 Å². The largest absolute Gasteiger partial charge is 0.462 e. The maximum atomic E-state index is 11.7. The molecule has 2 saturated heterocycles. The average Bonchev–Trinajstić information content (AvgIpc) is 2.39. The number of hydrogen-bond acceptors (Lipinski definition) is 3. The molecule has 2 fully saturated rings. The Bertz CT molecular complexity index is 343. The zero-order chi connectivity index (χ0) is 14.6. The predicted octanol–water partition coefficient (Wildman–Crippen LogP) is 1.19. The van der Waals surface area contributed by atoms with E-state index < -0.39 is 0 Å². The summed E-state index contributed by atoms with van der Waals surface area (Å²) in [5.41, 5.74) is 0.410. The highest BCUT2D eigenvalue weighted by Crippen LogP contribution is 2.43. The van der Waals surface area contributed by atoms with Gasteiger partial charge in [-0.3, -0.25) is 0 Å². The molecule has 1 unspecified atom stereocenters. The van der Waals surface area contributed by atoms with Crippen molar-refractivity contribution in [3.05, 3.63) is 0 Å². The molecule has 1 N–H and O–H groups in total. The van der Waals surface area contributed by atoms with Crippen LogP contribution in [0.25, 0.3) is 0 Å². The Morgan fingerprint density at radius 1 is 1.35 bits per heavy atom. The van der Waals surface area contributed by atoms with Crippen molar-refractivity contribution in [3.63, 3.8) is 0 Å². The molecule has 1 spiro atoms. The minimum atomic E-state index is -0.0511. The standard InChI is InChI=1S/C16H29NO3/c1-4-15(3)12-16(8-10-20-15)7-6-9-17(13-16)11-14(18)19-5-2/h4-13H2,1-3H3/p+1/t15-,16-/m0/s1. The van der Waals surface area contributed by atoms with Crippen LogP contribution in [0.5, 0.6) is 0 Å². The van der Waals surface area contributed by atoms with E-state index in [9.17, 15) is 4.79 Å². The van der Waals surface area contributed by atoms with Crippen molar-refractivity contribution < 1.29 is 19.2 Å². The third-order valence-corrected chi connectivity index (χ3v) is 5.14. The molecule has 2 rings (SSSR count). The number of nitrogens with one attached hydrogen (secondary N) is 1. The molecule has 0 aromatic heterocycles. The third kappa shape index (κ3) is 3.73. The van der Waals surface area contributed by atoms with Gasteiger partial charge in [0.2, 0.25) is 0 Å². The quantitative estimate of drug-likeness (QED) is 0.789. The molecule has 0 radical (unpaired) electrons. The number of likely N-dealkylation sites (tertiary alicyclic amines) is 1. The number of ether oxygens (including phenoxy) is 2. The zero-order valence-electron chi connectivity index (χ0n) is 13.3. The summed E-state index contributed by atoms with van der Waals surface area (Å²) in [4.78, 5) is 13.1. The summed E-state index contributed by atoms with van der Waals surface area (Å²) in [6, 6.07) is 0. The fourth-order valence-electron chi connectivity index (χ4n) is 4.03. The van der Waals surface area contributed by atoms with E-state index in [0.29, 0.717) is 18.6 Å². The van der Waals surface area contributed by atoms with Gasteiger partial charge in [-0.15, -0.1) is 0 Å². The van der Waals surface area contributed by atoms with Crippen molar-refractivity contribution in [2.75, 3.05) is 32.8 Å². The van der Waals surface area contributed by atoms with Gasteiger partial charge >= 0.3 is 5.97 Å². The summed E-state index contributed by atoms with van der Waals surface area (Å²) in [5.74, 6) is -0.0511. The summed E-state index contributed by atoms with van der Waals surface area (Å²) in [5, 5.41) is 0. The Balaban J connectivity index is 1.96. The monoisotopic (exact) mass is 284 g/mol. The lowest BCUT2D eigenvalue weighted by molar-refractivity contribution is -0.906. The third-order valence-electron chi connectivity index (χ3n) is 5.14. The fourth-order valence-corrected chi connectivity index (χ4v) is 4.03. The SMILES string of the molecule is CCOC(=O)C[NH+]1CCC[C@@]2(CCO[C@@](C)(CC)C2)C1. The van der Waals surface area contributed by atoms with E-state index in [2.05, 4.69) is 13.8 Å². The molecule has 0 saturated carbocycles. The molecule has 4 heteroatoms. The number of carbonyl (C=O) groups excluding carboxylic acids is 1. The van der Waals surface area contributed by atoms with Gasteiger partial charge in [-0.1, -0.05) is 6.92 Å². The molecule has 20 heavy (non-hydrogen) atoms. The second kappa shape index (κ2) is 6.44. The van der Waals surface area contributed by atoms with Crippen molar-refractivity contribution in [1.82, 2.24) is 0 Å². The van der Waals surface area contributed by atoms with Crippen LogP contribution in [0.15, 0.2) is 0 Å². The van der Waals surface area contributed by atoms with Crippen LogP contribution in [0, 0.1) is 5.41 Å². The molecule has 2 aliphatic heterocycles. The number of rotatable bonds is 4. The number of piperidine rings is 1. The van der Waals surface area contributed by atoms with Gasteiger partial charge in [-0.05, 0) is 46.0 Å². The normalized spacial score (nSPS) is 37.9. The molecular formula is C16H30NO3+. The maximum absolute atomic E-state index is 11.7. The Morgan fingerprint density at radius 3 is 2.85 bits per heavy atom. The molecule has 4 nitrogen and oxygen atoms in total. The van der Waals surface area contributed by atoms with Crippen molar-refractivity contribution in [1.29, 1.82) is 0 Å². The van der Waals surface area contributed by atoms with Gasteiger partial charge in [0.05, 0.1) is 25.3 Å². The average molecular weight is 284 g/mol. The van der Waals surface area contributed by atoms with Gasteiger partial charge in [0.25, 0.3) is 0 Å². The molecule has 0 amide bonds. The highest BCUT2D eigenvalue weighted by Gasteiger charge is 2.46. The number of hydrogen-bond donors (Lipinski definition) is 1. The van der Waals surface area contributed by atoms with Gasteiger partial charge in [0.15, 0.2) is 6.54 Å². The first-order valence-corrected chi connectivity index (χ1v) is 8.14. The first-order chi connectivity index (χ1) is 9.51. The maximum Gasteiger partial charge on any atom is 0.361 e. The lowest BCUT2D eigenvalue weighted by Gasteiger charge is -2.48. The number of esters is 1. The van der Waals surface area contributed by atoms with Gasteiger partial charge in [0, 0.05) is 12.0 Å². The summed E-state index contributed by atoms with van der Waals surface area (Å²) in [6.07, 6.45) is 5.87. The Kier molecular flexibility index (Phi) is 5.08. The zero-order valence-corrected chi connectivity index (χ0v) is 13.3. The highest BCUT2D eigenvalue weighted by molar-refractivity contribution is 5.70. The summed E-state index contributed by atoms with van der Waals surface area (Å²) < 4.78 is 11.1. The molecule has 116 valence electrons. The number of quaternary nitrogens is 1. The summed E-state index contributed by atoms with van der Waals surface area (Å²) in [7, 11) is 0. The predicted molar refractivity (Wildman–Crippen MR) is 77.7 cm³/mol. The smallest absolute Gasteiger partial charge is 0.361 e. The van der Waals surface area contributed by atoms with Gasteiger partial charge in [0.1, 0.15) is 0 Å². The van der Waals surface area contributed by atoms with Crippen molar-refractivity contribution in [2.45, 2.75) is 58.5 Å². The molecule has 0 bridgehead atoms. The van der Waals surface area contributed by atoms with Crippen molar-refractivity contribution in [2.24, 2.45) is 5.41 Å². The second-order valence-corrected chi connectivity index (χ2v) is 6.84.